The van der Waals surface area contributed by atoms with Crippen molar-refractivity contribution < 1.29 is 13.9 Å². The summed E-state index contributed by atoms with van der Waals surface area (Å²) in [6.45, 7) is 6.00. The van der Waals surface area contributed by atoms with Crippen LogP contribution >= 0.6 is 11.6 Å². The Balaban J connectivity index is 1.73. The average Bonchev–Trinajstić information content (AvgIpc) is 3.11. The quantitative estimate of drug-likeness (QED) is 0.341. The van der Waals surface area contributed by atoms with Crippen LogP contribution in [0.25, 0.3) is 11.0 Å². The molecule has 0 saturated carbocycles. The minimum Gasteiger partial charge on any atom is -0.490 e. The number of nitrogens with zero attached hydrogens (tertiary/aromatic N) is 1. The second-order valence-corrected chi connectivity index (χ2v) is 8.34. The fraction of sp³-hybridized carbons (Fsp3) is 0.111. The number of carbonyl (C=O) groups excluding carboxylic acids is 1. The molecule has 0 bridgehead atoms. The number of hydrogen-bond donors (Lipinski definition) is 0. The molecule has 1 unspecified atom stereocenters. The van der Waals surface area contributed by atoms with Gasteiger partial charge < -0.3 is 9.15 Å². The molecule has 1 aromatic heterocycles. The van der Waals surface area contributed by atoms with Crippen molar-refractivity contribution in [2.45, 2.75) is 13.0 Å². The third kappa shape index (κ3) is 3.60. The summed E-state index contributed by atoms with van der Waals surface area (Å²) in [5.41, 5.74) is 2.81. The number of halogens is 1. The number of benzene rings is 3. The molecule has 0 aliphatic carbocycles. The summed E-state index contributed by atoms with van der Waals surface area (Å²) in [4.78, 5) is 28.8. The van der Waals surface area contributed by atoms with Crippen molar-refractivity contribution in [3.63, 3.8) is 0 Å². The molecule has 0 spiro atoms. The van der Waals surface area contributed by atoms with Gasteiger partial charge in [0, 0.05) is 10.7 Å². The summed E-state index contributed by atoms with van der Waals surface area (Å²) >= 11 is 6.15. The van der Waals surface area contributed by atoms with Crippen LogP contribution in [0.15, 0.2) is 88.6 Å². The lowest BCUT2D eigenvalue weighted by Gasteiger charge is -2.25. The maximum atomic E-state index is 13.6. The van der Waals surface area contributed by atoms with Crippen molar-refractivity contribution >= 4 is 34.2 Å². The van der Waals surface area contributed by atoms with Crippen molar-refractivity contribution in [2.75, 3.05) is 11.5 Å². The third-order valence-corrected chi connectivity index (χ3v) is 5.91. The molecule has 164 valence electrons. The lowest BCUT2D eigenvalue weighted by molar-refractivity contribution is 0.0971. The summed E-state index contributed by atoms with van der Waals surface area (Å²) < 4.78 is 11.6. The zero-order valence-corrected chi connectivity index (χ0v) is 18.6. The Morgan fingerprint density at radius 2 is 1.88 bits per heavy atom. The predicted molar refractivity (Wildman–Crippen MR) is 129 cm³/mol. The Hall–Kier alpha value is -3.83. The van der Waals surface area contributed by atoms with Gasteiger partial charge in [0.2, 0.25) is 5.76 Å². The number of anilines is 1. The normalized spacial score (nSPS) is 15.0. The van der Waals surface area contributed by atoms with Gasteiger partial charge in [0.15, 0.2) is 5.43 Å². The maximum absolute atomic E-state index is 13.6. The molecule has 6 heteroatoms. The van der Waals surface area contributed by atoms with Crippen LogP contribution in [0.3, 0.4) is 0 Å². The molecule has 0 fully saturated rings. The molecule has 1 atom stereocenters. The minimum absolute atomic E-state index is 0.0494. The van der Waals surface area contributed by atoms with E-state index >= 15 is 0 Å². The zero-order valence-electron chi connectivity index (χ0n) is 17.9. The molecule has 0 N–H and O–H groups in total. The Morgan fingerprint density at radius 3 is 2.61 bits per heavy atom. The van der Waals surface area contributed by atoms with Gasteiger partial charge in [-0.15, -0.1) is 0 Å². The first-order chi connectivity index (χ1) is 16.0. The van der Waals surface area contributed by atoms with E-state index in [2.05, 4.69) is 6.58 Å². The van der Waals surface area contributed by atoms with Crippen molar-refractivity contribution in [1.29, 1.82) is 0 Å². The number of fused-ring (bicyclic) bond motifs is 2. The second kappa shape index (κ2) is 8.26. The van der Waals surface area contributed by atoms with Crippen LogP contribution in [0.2, 0.25) is 5.02 Å². The molecular formula is C27H20ClNO4. The highest BCUT2D eigenvalue weighted by Crippen LogP contribution is 2.41. The van der Waals surface area contributed by atoms with Crippen LogP contribution < -0.4 is 15.1 Å². The Labute approximate surface area is 195 Å². The highest BCUT2D eigenvalue weighted by atomic mass is 35.5. The largest absolute Gasteiger partial charge is 0.490 e. The number of amides is 1. The van der Waals surface area contributed by atoms with Gasteiger partial charge in [0.05, 0.1) is 17.0 Å². The summed E-state index contributed by atoms with van der Waals surface area (Å²) in [6.07, 6.45) is 1.67. The number of hydrogen-bond acceptors (Lipinski definition) is 4. The summed E-state index contributed by atoms with van der Waals surface area (Å²) in [5.74, 6) is 0.359. The first-order valence-corrected chi connectivity index (χ1v) is 10.9. The number of ether oxygens (including phenoxy) is 1. The van der Waals surface area contributed by atoms with E-state index in [1.165, 1.54) is 0 Å². The van der Waals surface area contributed by atoms with Gasteiger partial charge in [0.1, 0.15) is 17.9 Å². The van der Waals surface area contributed by atoms with Crippen LogP contribution in [0.5, 0.6) is 5.75 Å². The number of rotatable bonds is 5. The molecule has 1 amide bonds. The van der Waals surface area contributed by atoms with E-state index in [0.717, 1.165) is 11.1 Å². The topological polar surface area (TPSA) is 59.8 Å². The van der Waals surface area contributed by atoms with Gasteiger partial charge in [-0.05, 0) is 60.5 Å². The SMILES string of the molecule is C=CCOc1ccc(C2c3c(oc4ccc(Cl)cc4c3=O)C(=O)N2c2cccc(C)c2)cc1. The van der Waals surface area contributed by atoms with Gasteiger partial charge in [-0.1, -0.05) is 48.5 Å². The Morgan fingerprint density at radius 1 is 1.09 bits per heavy atom. The van der Waals surface area contributed by atoms with Crippen molar-refractivity contribution in [2.24, 2.45) is 0 Å². The van der Waals surface area contributed by atoms with E-state index in [1.54, 1.807) is 29.2 Å². The van der Waals surface area contributed by atoms with Gasteiger partial charge in [-0.3, -0.25) is 14.5 Å². The molecular weight excluding hydrogens is 438 g/mol. The van der Waals surface area contributed by atoms with E-state index in [1.807, 2.05) is 55.5 Å². The first-order valence-electron chi connectivity index (χ1n) is 10.5. The molecule has 1 aliphatic heterocycles. The standard InChI is InChI=1S/C27H20ClNO4/c1-3-13-32-20-10-7-17(8-11-20)24-23-25(30)21-15-18(28)9-12-22(21)33-26(23)27(31)29(24)19-6-4-5-16(2)14-19/h3-12,14-15,24H,1,13H2,2H3. The van der Waals surface area contributed by atoms with E-state index in [0.29, 0.717) is 39.6 Å². The van der Waals surface area contributed by atoms with Gasteiger partial charge in [-0.25, -0.2) is 0 Å². The van der Waals surface area contributed by atoms with Gasteiger partial charge in [0.25, 0.3) is 5.91 Å². The monoisotopic (exact) mass is 457 g/mol. The second-order valence-electron chi connectivity index (χ2n) is 7.90. The van der Waals surface area contributed by atoms with Crippen molar-refractivity contribution in [1.82, 2.24) is 0 Å². The maximum Gasteiger partial charge on any atom is 0.295 e. The Kier molecular flexibility index (Phi) is 5.27. The number of aryl methyl sites for hydroxylation is 1. The zero-order chi connectivity index (χ0) is 23.1. The van der Waals surface area contributed by atoms with Crippen LogP contribution in [0.4, 0.5) is 5.69 Å². The van der Waals surface area contributed by atoms with E-state index < -0.39 is 6.04 Å². The van der Waals surface area contributed by atoms with Crippen LogP contribution in [-0.2, 0) is 0 Å². The van der Waals surface area contributed by atoms with Crippen LogP contribution in [0, 0.1) is 6.92 Å². The Bertz CT molecular complexity index is 1460. The molecule has 3 aromatic carbocycles. The van der Waals surface area contributed by atoms with E-state index in [4.69, 9.17) is 20.8 Å². The average molecular weight is 458 g/mol. The van der Waals surface area contributed by atoms with Crippen molar-refractivity contribution in [3.8, 4) is 5.75 Å². The first kappa shape index (κ1) is 21.0. The molecule has 4 aromatic rings. The molecule has 1 aliphatic rings. The molecule has 2 heterocycles. The summed E-state index contributed by atoms with van der Waals surface area (Å²) in [5, 5.41) is 0.769. The smallest absolute Gasteiger partial charge is 0.295 e. The summed E-state index contributed by atoms with van der Waals surface area (Å²) in [6, 6.07) is 19.1. The lowest BCUT2D eigenvalue weighted by Crippen LogP contribution is -2.29. The molecule has 0 radical (unpaired) electrons. The fourth-order valence-corrected chi connectivity index (χ4v) is 4.38. The van der Waals surface area contributed by atoms with E-state index in [9.17, 15) is 9.59 Å². The van der Waals surface area contributed by atoms with Crippen LogP contribution in [0.1, 0.15) is 33.3 Å². The predicted octanol–water partition coefficient (Wildman–Crippen LogP) is 6.07. The minimum atomic E-state index is -0.651. The number of carbonyl (C=O) groups is 1. The fourth-order valence-electron chi connectivity index (χ4n) is 4.21. The molecule has 0 saturated heterocycles. The highest BCUT2D eigenvalue weighted by Gasteiger charge is 2.43. The molecule has 5 rings (SSSR count). The molecule has 33 heavy (non-hydrogen) atoms. The van der Waals surface area contributed by atoms with Gasteiger partial charge >= 0.3 is 0 Å². The summed E-state index contributed by atoms with van der Waals surface area (Å²) in [7, 11) is 0. The molecule has 5 nitrogen and oxygen atoms in total. The highest BCUT2D eigenvalue weighted by molar-refractivity contribution is 6.31. The third-order valence-electron chi connectivity index (χ3n) is 5.68. The lowest BCUT2D eigenvalue weighted by atomic mass is 9.98. The van der Waals surface area contributed by atoms with E-state index in [-0.39, 0.29) is 17.1 Å². The van der Waals surface area contributed by atoms with Gasteiger partial charge in [-0.2, -0.15) is 0 Å². The van der Waals surface area contributed by atoms with Crippen molar-refractivity contribution in [3.05, 3.63) is 117 Å². The van der Waals surface area contributed by atoms with Crippen LogP contribution in [-0.4, -0.2) is 12.5 Å².